The molecule has 1 aromatic rings. The molecule has 0 radical (unpaired) electrons. The summed E-state index contributed by atoms with van der Waals surface area (Å²) in [5.41, 5.74) is 6.00. The molecule has 0 atom stereocenters. The van der Waals surface area contributed by atoms with E-state index in [2.05, 4.69) is 10.0 Å². The van der Waals surface area contributed by atoms with Gasteiger partial charge in [-0.25, -0.2) is 13.1 Å². The highest BCUT2D eigenvalue weighted by atomic mass is 32.2. The molecule has 7 heteroatoms. The van der Waals surface area contributed by atoms with Gasteiger partial charge in [-0.1, -0.05) is 12.1 Å². The molecule has 0 aliphatic heterocycles. The van der Waals surface area contributed by atoms with Crippen molar-refractivity contribution in [3.63, 3.8) is 0 Å². The monoisotopic (exact) mass is 299 g/mol. The first-order valence-corrected chi connectivity index (χ1v) is 8.07. The second kappa shape index (κ2) is 6.34. The summed E-state index contributed by atoms with van der Waals surface area (Å²) in [5, 5.41) is 3.15. The van der Waals surface area contributed by atoms with E-state index in [1.807, 2.05) is 6.07 Å². The number of sulfonamides is 1. The molecule has 1 amide bonds. The van der Waals surface area contributed by atoms with Crippen molar-refractivity contribution in [3.8, 4) is 0 Å². The fourth-order valence-corrected chi connectivity index (χ4v) is 2.97. The molecule has 0 aliphatic carbocycles. The third kappa shape index (κ3) is 6.14. The molecule has 0 unspecified atom stereocenters. The first kappa shape index (κ1) is 16.6. The van der Waals surface area contributed by atoms with Crippen molar-refractivity contribution in [1.29, 1.82) is 0 Å². The van der Waals surface area contributed by atoms with E-state index < -0.39 is 21.5 Å². The Morgan fingerprint density at radius 3 is 2.55 bits per heavy atom. The molecular weight excluding hydrogens is 278 g/mol. The maximum atomic E-state index is 11.2. The van der Waals surface area contributed by atoms with E-state index in [0.717, 1.165) is 11.8 Å². The SMILES string of the molecule is CC(C)(CNCc1cccc(C(N)=O)c1)NS(C)(=O)=O. The molecular formula is C13H21N3O3S. The van der Waals surface area contributed by atoms with Crippen molar-refractivity contribution in [2.45, 2.75) is 25.9 Å². The van der Waals surface area contributed by atoms with Crippen LogP contribution in [0.3, 0.4) is 0 Å². The van der Waals surface area contributed by atoms with Crippen LogP contribution < -0.4 is 15.8 Å². The quantitative estimate of drug-likeness (QED) is 0.669. The van der Waals surface area contributed by atoms with Gasteiger partial charge in [0.2, 0.25) is 15.9 Å². The van der Waals surface area contributed by atoms with Crippen LogP contribution in [-0.2, 0) is 16.6 Å². The summed E-state index contributed by atoms with van der Waals surface area (Å²) in [6.07, 6.45) is 1.13. The number of amides is 1. The highest BCUT2D eigenvalue weighted by molar-refractivity contribution is 7.88. The summed E-state index contributed by atoms with van der Waals surface area (Å²) in [6, 6.07) is 7.00. The van der Waals surface area contributed by atoms with E-state index in [1.165, 1.54) is 0 Å². The Kier molecular flexibility index (Phi) is 5.27. The van der Waals surface area contributed by atoms with Crippen LogP contribution in [0.15, 0.2) is 24.3 Å². The molecule has 1 rings (SSSR count). The van der Waals surface area contributed by atoms with Gasteiger partial charge < -0.3 is 11.1 Å². The molecule has 0 aliphatic rings. The largest absolute Gasteiger partial charge is 0.366 e. The summed E-state index contributed by atoms with van der Waals surface area (Å²) in [6.45, 7) is 4.57. The lowest BCUT2D eigenvalue weighted by molar-refractivity contribution is 0.1000. The normalized spacial score (nSPS) is 12.3. The van der Waals surface area contributed by atoms with Gasteiger partial charge in [0.05, 0.1) is 6.26 Å². The van der Waals surface area contributed by atoms with Crippen LogP contribution in [0.25, 0.3) is 0 Å². The highest BCUT2D eigenvalue weighted by Crippen LogP contribution is 2.06. The highest BCUT2D eigenvalue weighted by Gasteiger charge is 2.21. The predicted molar refractivity (Wildman–Crippen MR) is 78.7 cm³/mol. The molecule has 4 N–H and O–H groups in total. The maximum absolute atomic E-state index is 11.2. The van der Waals surface area contributed by atoms with Crippen LogP contribution in [0.4, 0.5) is 0 Å². The van der Waals surface area contributed by atoms with Gasteiger partial charge in [0.15, 0.2) is 0 Å². The van der Waals surface area contributed by atoms with Gasteiger partial charge in [0.25, 0.3) is 0 Å². The smallest absolute Gasteiger partial charge is 0.248 e. The minimum atomic E-state index is -3.25. The van der Waals surface area contributed by atoms with Gasteiger partial charge >= 0.3 is 0 Å². The molecule has 6 nitrogen and oxygen atoms in total. The van der Waals surface area contributed by atoms with Gasteiger partial charge in [-0.2, -0.15) is 0 Å². The summed E-state index contributed by atoms with van der Waals surface area (Å²) in [5.74, 6) is -0.467. The first-order valence-electron chi connectivity index (χ1n) is 6.17. The number of carbonyl (C=O) groups excluding carboxylic acids is 1. The number of nitrogens with two attached hydrogens (primary N) is 1. The van der Waals surface area contributed by atoms with Gasteiger partial charge in [0, 0.05) is 24.2 Å². The summed E-state index contributed by atoms with van der Waals surface area (Å²) >= 11 is 0. The number of benzene rings is 1. The minimum absolute atomic E-state index is 0.456. The second-order valence-electron chi connectivity index (χ2n) is 5.43. The van der Waals surface area contributed by atoms with Crippen molar-refractivity contribution in [1.82, 2.24) is 10.0 Å². The van der Waals surface area contributed by atoms with E-state index in [-0.39, 0.29) is 0 Å². The summed E-state index contributed by atoms with van der Waals surface area (Å²) in [7, 11) is -3.25. The summed E-state index contributed by atoms with van der Waals surface area (Å²) in [4.78, 5) is 11.1. The van der Waals surface area contributed by atoms with E-state index in [4.69, 9.17) is 5.73 Å². The van der Waals surface area contributed by atoms with Crippen LogP contribution in [0.2, 0.25) is 0 Å². The molecule has 0 bridgehead atoms. The Morgan fingerprint density at radius 1 is 1.35 bits per heavy atom. The zero-order chi connectivity index (χ0) is 15.4. The molecule has 112 valence electrons. The van der Waals surface area contributed by atoms with E-state index in [0.29, 0.717) is 18.7 Å². The molecule has 0 saturated heterocycles. The van der Waals surface area contributed by atoms with Gasteiger partial charge in [-0.05, 0) is 31.5 Å². The Morgan fingerprint density at radius 2 is 2.00 bits per heavy atom. The Balaban J connectivity index is 2.56. The van der Waals surface area contributed by atoms with E-state index in [1.54, 1.807) is 32.0 Å². The van der Waals surface area contributed by atoms with Crippen molar-refractivity contribution < 1.29 is 13.2 Å². The summed E-state index contributed by atoms with van der Waals surface area (Å²) < 4.78 is 25.0. The zero-order valence-electron chi connectivity index (χ0n) is 11.9. The zero-order valence-corrected chi connectivity index (χ0v) is 12.8. The number of primary amides is 1. The topological polar surface area (TPSA) is 101 Å². The van der Waals surface area contributed by atoms with Crippen molar-refractivity contribution in [3.05, 3.63) is 35.4 Å². The van der Waals surface area contributed by atoms with Crippen LogP contribution in [0.5, 0.6) is 0 Å². The third-order valence-corrected chi connectivity index (χ3v) is 3.49. The van der Waals surface area contributed by atoms with Crippen molar-refractivity contribution in [2.24, 2.45) is 5.73 Å². The molecule has 0 aromatic heterocycles. The Hall–Kier alpha value is -1.44. The van der Waals surface area contributed by atoms with E-state index in [9.17, 15) is 13.2 Å². The first-order chi connectivity index (χ1) is 9.09. The average molecular weight is 299 g/mol. The van der Waals surface area contributed by atoms with Crippen LogP contribution >= 0.6 is 0 Å². The number of carbonyl (C=O) groups is 1. The van der Waals surface area contributed by atoms with E-state index >= 15 is 0 Å². The maximum Gasteiger partial charge on any atom is 0.248 e. The predicted octanol–water partition coefficient (Wildman–Crippen LogP) is 0.203. The van der Waals surface area contributed by atoms with Crippen LogP contribution in [-0.4, -0.2) is 32.7 Å². The molecule has 0 heterocycles. The fraction of sp³-hybridized carbons (Fsp3) is 0.462. The number of hydrogen-bond acceptors (Lipinski definition) is 4. The lowest BCUT2D eigenvalue weighted by Gasteiger charge is -2.25. The number of rotatable bonds is 7. The lowest BCUT2D eigenvalue weighted by atomic mass is 10.1. The molecule has 20 heavy (non-hydrogen) atoms. The second-order valence-corrected chi connectivity index (χ2v) is 7.17. The van der Waals surface area contributed by atoms with Crippen molar-refractivity contribution in [2.75, 3.05) is 12.8 Å². The van der Waals surface area contributed by atoms with Gasteiger partial charge in [-0.15, -0.1) is 0 Å². The van der Waals surface area contributed by atoms with Crippen LogP contribution in [0, 0.1) is 0 Å². The van der Waals surface area contributed by atoms with Crippen LogP contribution in [0.1, 0.15) is 29.8 Å². The molecule has 1 aromatic carbocycles. The fourth-order valence-electron chi connectivity index (χ4n) is 1.89. The third-order valence-electron chi connectivity index (χ3n) is 2.57. The number of nitrogens with one attached hydrogen (secondary N) is 2. The molecule has 0 fully saturated rings. The number of hydrogen-bond donors (Lipinski definition) is 3. The average Bonchev–Trinajstić information content (AvgIpc) is 2.25. The Bertz CT molecular complexity index is 582. The Labute approximate surface area is 119 Å². The standard InChI is InChI=1S/C13H21N3O3S/c1-13(2,16-20(3,18)19)9-15-8-10-5-4-6-11(7-10)12(14)17/h4-7,15-16H,8-9H2,1-3H3,(H2,14,17). The lowest BCUT2D eigenvalue weighted by Crippen LogP contribution is -2.49. The van der Waals surface area contributed by atoms with Gasteiger partial charge in [0.1, 0.15) is 0 Å². The minimum Gasteiger partial charge on any atom is -0.366 e. The van der Waals surface area contributed by atoms with Gasteiger partial charge in [-0.3, -0.25) is 4.79 Å². The van der Waals surface area contributed by atoms with Crippen molar-refractivity contribution >= 4 is 15.9 Å². The molecule has 0 spiro atoms. The molecule has 0 saturated carbocycles.